The van der Waals surface area contributed by atoms with Gasteiger partial charge in [-0.25, -0.2) is 0 Å². The van der Waals surface area contributed by atoms with Crippen LogP contribution in [0.4, 0.5) is 0 Å². The lowest BCUT2D eigenvalue weighted by molar-refractivity contribution is 0.208. The molecule has 1 atom stereocenters. The van der Waals surface area contributed by atoms with Crippen molar-refractivity contribution in [3.05, 3.63) is 0 Å². The van der Waals surface area contributed by atoms with Gasteiger partial charge in [-0.3, -0.25) is 0 Å². The molecule has 2 heteroatoms. The van der Waals surface area contributed by atoms with Gasteiger partial charge in [0, 0.05) is 18.1 Å². The summed E-state index contributed by atoms with van der Waals surface area (Å²) in [5.74, 6) is 1.31. The first kappa shape index (κ1) is 4.47. The average Bonchev–Trinajstić information content (AvgIpc) is 2.21. The summed E-state index contributed by atoms with van der Waals surface area (Å²) in [6.45, 7) is 0.949. The first-order valence-corrected chi connectivity index (χ1v) is 3.09. The molecule has 1 aliphatic heterocycles. The van der Waals surface area contributed by atoms with Gasteiger partial charge >= 0.3 is 0 Å². The van der Waals surface area contributed by atoms with Crippen LogP contribution in [0.5, 0.6) is 0 Å². The Morgan fingerprint density at radius 2 is 2.67 bits per heavy atom. The second-order valence-electron chi connectivity index (χ2n) is 1.41. The maximum atomic E-state index is 4.84. The highest BCUT2D eigenvalue weighted by Gasteiger charge is 2.21. The van der Waals surface area contributed by atoms with Gasteiger partial charge in [-0.15, -0.1) is 0 Å². The lowest BCUT2D eigenvalue weighted by atomic mass is 10.5. The Morgan fingerprint density at radius 1 is 2.00 bits per heavy atom. The zero-order chi connectivity index (χ0) is 4.41. The molecule has 1 heterocycles. The van der Waals surface area contributed by atoms with Gasteiger partial charge in [0.25, 0.3) is 0 Å². The maximum absolute atomic E-state index is 4.84. The van der Waals surface area contributed by atoms with Gasteiger partial charge in [0.2, 0.25) is 0 Å². The Balaban J connectivity index is 1.88. The Labute approximate surface area is 42.1 Å². The van der Waals surface area contributed by atoms with E-state index in [-0.39, 0.29) is 0 Å². The van der Waals surface area contributed by atoms with Crippen molar-refractivity contribution < 1.29 is 4.74 Å². The normalized spacial score (nSPS) is 30.5. The summed E-state index contributed by atoms with van der Waals surface area (Å²) in [5, 5.41) is 0.843. The predicted molar refractivity (Wildman–Crippen MR) is 28.1 cm³/mol. The molecule has 0 saturated carbocycles. The van der Waals surface area contributed by atoms with Crippen molar-refractivity contribution in [3.63, 3.8) is 0 Å². The van der Waals surface area contributed by atoms with Crippen LogP contribution in [0.15, 0.2) is 0 Å². The molecule has 36 valence electrons. The number of hydrogen-bond acceptors (Lipinski definition) is 2. The maximum Gasteiger partial charge on any atom is 0.0589 e. The number of thioether (sulfide) groups is 1. The van der Waals surface area contributed by atoms with Crippen LogP contribution in [0, 0.1) is 0 Å². The van der Waals surface area contributed by atoms with E-state index in [1.807, 2.05) is 11.8 Å². The van der Waals surface area contributed by atoms with Crippen molar-refractivity contribution in [1.29, 1.82) is 0 Å². The summed E-state index contributed by atoms with van der Waals surface area (Å²) in [6, 6.07) is 0. The van der Waals surface area contributed by atoms with E-state index in [2.05, 4.69) is 0 Å². The van der Waals surface area contributed by atoms with Crippen molar-refractivity contribution in [2.45, 2.75) is 5.25 Å². The molecule has 0 aromatic heterocycles. The van der Waals surface area contributed by atoms with Crippen molar-refractivity contribution in [2.75, 3.05) is 19.5 Å². The van der Waals surface area contributed by atoms with E-state index in [9.17, 15) is 0 Å². The van der Waals surface area contributed by atoms with Gasteiger partial charge in [-0.05, 0) is 0 Å². The van der Waals surface area contributed by atoms with Crippen molar-refractivity contribution >= 4 is 11.8 Å². The van der Waals surface area contributed by atoms with Crippen LogP contribution in [-0.2, 0) is 4.74 Å². The van der Waals surface area contributed by atoms with Crippen LogP contribution >= 0.6 is 11.8 Å². The molecular weight excluding hydrogens is 96.1 g/mol. The molecular formula is C4H8OS. The quantitative estimate of drug-likeness (QED) is 0.478. The second kappa shape index (κ2) is 1.85. The molecule has 1 unspecified atom stereocenters. The minimum Gasteiger partial charge on any atom is -0.384 e. The van der Waals surface area contributed by atoms with Crippen LogP contribution in [0.25, 0.3) is 0 Å². The number of rotatable bonds is 2. The van der Waals surface area contributed by atoms with E-state index in [1.54, 1.807) is 7.11 Å². The fourth-order valence-electron chi connectivity index (χ4n) is 0.350. The van der Waals surface area contributed by atoms with Crippen molar-refractivity contribution in [3.8, 4) is 0 Å². The number of hydrogen-bond donors (Lipinski definition) is 0. The lowest BCUT2D eigenvalue weighted by Crippen LogP contribution is -1.93. The summed E-state index contributed by atoms with van der Waals surface area (Å²) < 4.78 is 4.84. The SMILES string of the molecule is COCC1CS1. The molecule has 1 rings (SSSR count). The Morgan fingerprint density at radius 3 is 2.83 bits per heavy atom. The van der Waals surface area contributed by atoms with E-state index in [1.165, 1.54) is 5.75 Å². The molecule has 1 nitrogen and oxygen atoms in total. The molecule has 0 amide bonds. The molecule has 6 heavy (non-hydrogen) atoms. The molecule has 0 aromatic rings. The van der Waals surface area contributed by atoms with Crippen LogP contribution in [-0.4, -0.2) is 24.7 Å². The third-order valence-electron chi connectivity index (χ3n) is 0.755. The summed E-state index contributed by atoms with van der Waals surface area (Å²) in [4.78, 5) is 0. The van der Waals surface area contributed by atoms with Crippen molar-refractivity contribution in [1.82, 2.24) is 0 Å². The summed E-state index contributed by atoms with van der Waals surface area (Å²) in [7, 11) is 1.75. The third-order valence-corrected chi connectivity index (χ3v) is 1.70. The zero-order valence-corrected chi connectivity index (χ0v) is 4.62. The summed E-state index contributed by atoms with van der Waals surface area (Å²) >= 11 is 1.97. The highest BCUT2D eigenvalue weighted by atomic mass is 32.2. The van der Waals surface area contributed by atoms with Gasteiger partial charge < -0.3 is 4.74 Å². The summed E-state index contributed by atoms with van der Waals surface area (Å²) in [5.41, 5.74) is 0. The Bertz CT molecular complexity index is 42.8. The average molecular weight is 104 g/mol. The molecule has 0 spiro atoms. The predicted octanol–water partition coefficient (Wildman–Crippen LogP) is 0.748. The number of methoxy groups -OCH3 is 1. The fourth-order valence-corrected chi connectivity index (χ4v) is 0.815. The van der Waals surface area contributed by atoms with Crippen molar-refractivity contribution in [2.24, 2.45) is 0 Å². The first-order chi connectivity index (χ1) is 2.93. The standard InChI is InChI=1S/C4H8OS/c1-5-2-4-3-6-4/h4H,2-3H2,1H3. The molecule has 0 aromatic carbocycles. The molecule has 0 bridgehead atoms. The highest BCUT2D eigenvalue weighted by molar-refractivity contribution is 8.06. The van der Waals surface area contributed by atoms with Crippen LogP contribution in [0.1, 0.15) is 0 Å². The largest absolute Gasteiger partial charge is 0.384 e. The summed E-state index contributed by atoms with van der Waals surface area (Å²) in [6.07, 6.45) is 0. The van der Waals surface area contributed by atoms with Crippen LogP contribution in [0.2, 0.25) is 0 Å². The van der Waals surface area contributed by atoms with E-state index < -0.39 is 0 Å². The fraction of sp³-hybridized carbons (Fsp3) is 1.00. The van der Waals surface area contributed by atoms with Gasteiger partial charge in [-0.1, -0.05) is 0 Å². The molecule has 0 N–H and O–H groups in total. The van der Waals surface area contributed by atoms with E-state index in [4.69, 9.17) is 4.74 Å². The smallest absolute Gasteiger partial charge is 0.0589 e. The third kappa shape index (κ3) is 1.19. The molecule has 1 fully saturated rings. The highest BCUT2D eigenvalue weighted by Crippen LogP contribution is 2.29. The minimum absolute atomic E-state index is 0.843. The van der Waals surface area contributed by atoms with Gasteiger partial charge in [0.15, 0.2) is 0 Å². The monoisotopic (exact) mass is 104 g/mol. The second-order valence-corrected chi connectivity index (χ2v) is 2.74. The van der Waals surface area contributed by atoms with Crippen LogP contribution < -0.4 is 0 Å². The Kier molecular flexibility index (Phi) is 1.37. The van der Waals surface area contributed by atoms with Gasteiger partial charge in [0.1, 0.15) is 0 Å². The van der Waals surface area contributed by atoms with E-state index in [0.717, 1.165) is 11.9 Å². The minimum atomic E-state index is 0.843. The topological polar surface area (TPSA) is 9.23 Å². The van der Waals surface area contributed by atoms with Gasteiger partial charge in [0.05, 0.1) is 6.61 Å². The molecule has 1 aliphatic rings. The van der Waals surface area contributed by atoms with E-state index in [0.29, 0.717) is 0 Å². The lowest BCUT2D eigenvalue weighted by Gasteiger charge is -1.85. The van der Waals surface area contributed by atoms with Crippen LogP contribution in [0.3, 0.4) is 0 Å². The van der Waals surface area contributed by atoms with E-state index >= 15 is 0 Å². The molecule has 0 aliphatic carbocycles. The molecule has 0 radical (unpaired) electrons. The zero-order valence-electron chi connectivity index (χ0n) is 3.81. The molecule has 1 saturated heterocycles. The number of ether oxygens (including phenoxy) is 1. The first-order valence-electron chi connectivity index (χ1n) is 2.04. The van der Waals surface area contributed by atoms with Gasteiger partial charge in [-0.2, -0.15) is 11.8 Å². The Hall–Kier alpha value is 0.310.